The van der Waals surface area contributed by atoms with Crippen LogP contribution in [0, 0.1) is 11.3 Å². The van der Waals surface area contributed by atoms with Crippen LogP contribution in [-0.2, 0) is 11.3 Å². The molecule has 6 heteroatoms. The fourth-order valence-electron chi connectivity index (χ4n) is 3.54. The van der Waals surface area contributed by atoms with Crippen molar-refractivity contribution in [2.45, 2.75) is 25.8 Å². The second kappa shape index (κ2) is 8.34. The fraction of sp³-hybridized carbons (Fsp3) is 0.588. The quantitative estimate of drug-likeness (QED) is 0.868. The summed E-state index contributed by atoms with van der Waals surface area (Å²) in [6.45, 7) is 3.01. The van der Waals surface area contributed by atoms with Crippen molar-refractivity contribution in [1.29, 1.82) is 0 Å². The largest absolute Gasteiger partial charge is 0.326 e. The van der Waals surface area contributed by atoms with Gasteiger partial charge in [0, 0.05) is 18.2 Å². The molecule has 3 rings (SSSR count). The molecule has 23 heavy (non-hydrogen) atoms. The molecular formula is C17H27Cl2N3O. The third-order valence-electron chi connectivity index (χ3n) is 4.80. The molecule has 1 aromatic carbocycles. The molecule has 1 aliphatic carbocycles. The molecule has 130 valence electrons. The van der Waals surface area contributed by atoms with E-state index < -0.39 is 0 Å². The normalized spacial score (nSPS) is 21.3. The van der Waals surface area contributed by atoms with Crippen molar-refractivity contribution in [2.75, 3.05) is 32.5 Å². The highest BCUT2D eigenvalue weighted by Crippen LogP contribution is 2.58. The lowest BCUT2D eigenvalue weighted by Crippen LogP contribution is -2.31. The lowest BCUT2D eigenvalue weighted by atomic mass is 9.92. The number of amides is 1. The second-order valence-corrected chi connectivity index (χ2v) is 6.80. The summed E-state index contributed by atoms with van der Waals surface area (Å²) in [5.41, 5.74) is 2.46. The minimum absolute atomic E-state index is 0. The molecule has 1 heterocycles. The van der Waals surface area contributed by atoms with Crippen LogP contribution in [0.4, 0.5) is 5.69 Å². The molecule has 0 aromatic heterocycles. The van der Waals surface area contributed by atoms with Crippen LogP contribution in [0.3, 0.4) is 0 Å². The van der Waals surface area contributed by atoms with Gasteiger partial charge >= 0.3 is 0 Å². The number of hydrogen-bond acceptors (Lipinski definition) is 3. The molecule has 1 amide bonds. The standard InChI is InChI=1S/C17H25N3O.2ClH/c1-20(2)12-13-4-3-5-14(10-13)19-16(21)15-11-17(15)6-8-18-9-7-17;;/h3-5,10,15,18H,6-9,11-12H2,1-2H3,(H,19,21);2*1H. The third-order valence-corrected chi connectivity index (χ3v) is 4.80. The van der Waals surface area contributed by atoms with Crippen molar-refractivity contribution in [3.8, 4) is 0 Å². The first kappa shape index (κ1) is 20.2. The zero-order chi connectivity index (χ0) is 14.9. The minimum atomic E-state index is 0. The van der Waals surface area contributed by atoms with E-state index in [1.54, 1.807) is 0 Å². The Bertz CT molecular complexity index is 530. The zero-order valence-electron chi connectivity index (χ0n) is 13.8. The molecule has 4 nitrogen and oxygen atoms in total. The predicted molar refractivity (Wildman–Crippen MR) is 99.6 cm³/mol. The Hall–Kier alpha value is -0.810. The number of benzene rings is 1. The maximum absolute atomic E-state index is 12.4. The number of carbonyl (C=O) groups is 1. The highest BCUT2D eigenvalue weighted by Gasteiger charge is 2.57. The van der Waals surface area contributed by atoms with E-state index in [-0.39, 0.29) is 36.6 Å². The number of nitrogens with one attached hydrogen (secondary N) is 2. The molecule has 1 atom stereocenters. The van der Waals surface area contributed by atoms with Crippen LogP contribution < -0.4 is 10.6 Å². The van der Waals surface area contributed by atoms with E-state index in [4.69, 9.17) is 0 Å². The van der Waals surface area contributed by atoms with Crippen molar-refractivity contribution in [3.63, 3.8) is 0 Å². The van der Waals surface area contributed by atoms with E-state index in [2.05, 4.69) is 41.8 Å². The Morgan fingerprint density at radius 3 is 2.65 bits per heavy atom. The Morgan fingerprint density at radius 1 is 1.30 bits per heavy atom. The first-order valence-electron chi connectivity index (χ1n) is 7.84. The van der Waals surface area contributed by atoms with Gasteiger partial charge in [-0.25, -0.2) is 0 Å². The molecule has 0 bridgehead atoms. The van der Waals surface area contributed by atoms with Crippen LogP contribution in [0.15, 0.2) is 24.3 Å². The van der Waals surface area contributed by atoms with Gasteiger partial charge < -0.3 is 15.5 Å². The fourth-order valence-corrected chi connectivity index (χ4v) is 3.54. The van der Waals surface area contributed by atoms with Crippen molar-refractivity contribution in [1.82, 2.24) is 10.2 Å². The van der Waals surface area contributed by atoms with Crippen LogP contribution in [-0.4, -0.2) is 38.0 Å². The summed E-state index contributed by atoms with van der Waals surface area (Å²) in [6, 6.07) is 8.17. The highest BCUT2D eigenvalue weighted by atomic mass is 35.5. The van der Waals surface area contributed by atoms with Gasteiger partial charge in [0.1, 0.15) is 0 Å². The number of piperidine rings is 1. The smallest absolute Gasteiger partial charge is 0.228 e. The third kappa shape index (κ3) is 4.83. The van der Waals surface area contributed by atoms with Gasteiger partial charge in [-0.3, -0.25) is 4.79 Å². The number of anilines is 1. The number of rotatable bonds is 4. The summed E-state index contributed by atoms with van der Waals surface area (Å²) in [6.07, 6.45) is 3.36. The molecule has 2 fully saturated rings. The van der Waals surface area contributed by atoms with Gasteiger partial charge in [0.15, 0.2) is 0 Å². The molecule has 1 saturated heterocycles. The summed E-state index contributed by atoms with van der Waals surface area (Å²) in [7, 11) is 4.10. The summed E-state index contributed by atoms with van der Waals surface area (Å²) >= 11 is 0. The summed E-state index contributed by atoms with van der Waals surface area (Å²) < 4.78 is 0. The summed E-state index contributed by atoms with van der Waals surface area (Å²) in [4.78, 5) is 14.6. The molecular weight excluding hydrogens is 333 g/mol. The first-order chi connectivity index (χ1) is 10.1. The van der Waals surface area contributed by atoms with Crippen LogP contribution in [0.1, 0.15) is 24.8 Å². The molecule has 1 aromatic rings. The van der Waals surface area contributed by atoms with E-state index >= 15 is 0 Å². The van der Waals surface area contributed by atoms with Gasteiger partial charge in [0.05, 0.1) is 0 Å². The maximum Gasteiger partial charge on any atom is 0.228 e. The molecule has 2 aliphatic rings. The summed E-state index contributed by atoms with van der Waals surface area (Å²) in [5.74, 6) is 0.427. The lowest BCUT2D eigenvalue weighted by molar-refractivity contribution is -0.118. The topological polar surface area (TPSA) is 44.4 Å². The average Bonchev–Trinajstić information content (AvgIpc) is 3.13. The van der Waals surface area contributed by atoms with Crippen LogP contribution in [0.2, 0.25) is 0 Å². The SMILES string of the molecule is CN(C)Cc1cccc(NC(=O)C2CC23CCNCC3)c1.Cl.Cl. The van der Waals surface area contributed by atoms with Crippen LogP contribution >= 0.6 is 24.8 Å². The van der Waals surface area contributed by atoms with E-state index in [1.807, 2.05) is 12.1 Å². The van der Waals surface area contributed by atoms with Gasteiger partial charge in [0.25, 0.3) is 0 Å². The molecule has 2 N–H and O–H groups in total. The van der Waals surface area contributed by atoms with Gasteiger partial charge in [-0.1, -0.05) is 12.1 Å². The molecule has 1 saturated carbocycles. The van der Waals surface area contributed by atoms with Crippen molar-refractivity contribution in [3.05, 3.63) is 29.8 Å². The molecule has 0 radical (unpaired) electrons. The monoisotopic (exact) mass is 359 g/mol. The summed E-state index contributed by atoms with van der Waals surface area (Å²) in [5, 5.41) is 6.49. The van der Waals surface area contributed by atoms with E-state index in [9.17, 15) is 4.79 Å². The molecule has 1 aliphatic heterocycles. The van der Waals surface area contributed by atoms with E-state index in [0.717, 1.165) is 44.6 Å². The number of nitrogens with zero attached hydrogens (tertiary/aromatic N) is 1. The van der Waals surface area contributed by atoms with Gasteiger partial charge in [0.2, 0.25) is 5.91 Å². The zero-order valence-corrected chi connectivity index (χ0v) is 15.4. The van der Waals surface area contributed by atoms with Gasteiger partial charge in [-0.15, -0.1) is 24.8 Å². The predicted octanol–water partition coefficient (Wildman–Crippen LogP) is 2.92. The van der Waals surface area contributed by atoms with Crippen molar-refractivity contribution in [2.24, 2.45) is 11.3 Å². The number of halogens is 2. The van der Waals surface area contributed by atoms with Gasteiger partial charge in [-0.2, -0.15) is 0 Å². The Kier molecular flexibility index (Phi) is 7.33. The van der Waals surface area contributed by atoms with E-state index in [1.165, 1.54) is 5.56 Å². The minimum Gasteiger partial charge on any atom is -0.326 e. The average molecular weight is 360 g/mol. The lowest BCUT2D eigenvalue weighted by Gasteiger charge is -2.23. The van der Waals surface area contributed by atoms with Crippen molar-refractivity contribution >= 4 is 36.4 Å². The Balaban J connectivity index is 0.00000132. The number of carbonyl (C=O) groups excluding carboxylic acids is 1. The second-order valence-electron chi connectivity index (χ2n) is 6.80. The van der Waals surface area contributed by atoms with Gasteiger partial charge in [-0.05, 0) is 69.6 Å². The van der Waals surface area contributed by atoms with E-state index in [0.29, 0.717) is 5.41 Å². The Morgan fingerprint density at radius 2 is 2.00 bits per heavy atom. The molecule has 1 unspecified atom stereocenters. The molecule has 1 spiro atoms. The van der Waals surface area contributed by atoms with Crippen LogP contribution in [0.5, 0.6) is 0 Å². The maximum atomic E-state index is 12.4. The first-order valence-corrected chi connectivity index (χ1v) is 7.84. The highest BCUT2D eigenvalue weighted by molar-refractivity contribution is 5.95. The Labute approximate surface area is 151 Å². The van der Waals surface area contributed by atoms with Crippen molar-refractivity contribution < 1.29 is 4.79 Å². The number of hydrogen-bond donors (Lipinski definition) is 2. The van der Waals surface area contributed by atoms with Crippen LogP contribution in [0.25, 0.3) is 0 Å².